The molecule has 11 heteroatoms. The molecule has 556 valence electrons. The van der Waals surface area contributed by atoms with Gasteiger partial charge < -0.3 is 23.7 Å². The van der Waals surface area contributed by atoms with Crippen LogP contribution in [0.3, 0.4) is 0 Å². The summed E-state index contributed by atoms with van der Waals surface area (Å²) in [6, 6.07) is 58.1. The fourth-order valence-corrected chi connectivity index (χ4v) is 9.47. The van der Waals surface area contributed by atoms with Crippen LogP contribution in [0.15, 0.2) is 170 Å². The van der Waals surface area contributed by atoms with Gasteiger partial charge >= 0.3 is 0 Å². The van der Waals surface area contributed by atoms with E-state index in [0.29, 0.717) is 14.2 Å². The van der Waals surface area contributed by atoms with Gasteiger partial charge in [-0.2, -0.15) is 70.6 Å². The first-order chi connectivity index (χ1) is 47.2. The topological polar surface area (TPSA) is 46.2 Å². The SMILES string of the molecule is CCSC.CCSC.COC(C)(c1ccccc1)c1ccccc1.COC(C)(c1ccccc1)c1ccccc1.COC1(C)CCCCC1.COC1(C)CCCCC1.COC1(C)c2ccccc2-c2ccccc21.CSC(C)(C)C.CSC(C)(C)C.CSC(C)(C)C.[2H]C([2H])([2H])C(C)(C)SC. The second-order valence-corrected chi connectivity index (χ2v) is 37.2. The first-order valence-electron chi connectivity index (χ1n) is 36.5. The van der Waals surface area contributed by atoms with E-state index in [1.165, 1.54) is 132 Å². The average molecular weight is 1460 g/mol. The molecule has 3 aliphatic rings. The zero-order valence-electron chi connectivity index (χ0n) is 70.1. The molecular formula is C87H142O5S6. The van der Waals surface area contributed by atoms with Crippen LogP contribution >= 0.6 is 70.6 Å². The van der Waals surface area contributed by atoms with E-state index >= 15 is 0 Å². The van der Waals surface area contributed by atoms with Crippen LogP contribution in [-0.4, -0.2) is 115 Å². The Morgan fingerprint density at radius 3 is 0.714 bits per heavy atom. The molecule has 0 radical (unpaired) electrons. The molecule has 0 atom stereocenters. The third-order valence-corrected chi connectivity index (χ3v) is 23.3. The lowest BCUT2D eigenvalue weighted by molar-refractivity contribution is -0.0234. The summed E-state index contributed by atoms with van der Waals surface area (Å²) in [6.45, 7) is 36.5. The molecule has 3 aliphatic carbocycles. The number of fused-ring (bicyclic) bond motifs is 3. The van der Waals surface area contributed by atoms with Crippen molar-refractivity contribution in [1.82, 2.24) is 0 Å². The van der Waals surface area contributed by atoms with Gasteiger partial charge in [-0.3, -0.25) is 0 Å². The molecule has 9 rings (SSSR count). The van der Waals surface area contributed by atoms with E-state index in [1.54, 1.807) is 35.2 Å². The molecule has 0 aliphatic heterocycles. The van der Waals surface area contributed by atoms with E-state index in [4.69, 9.17) is 27.8 Å². The molecule has 5 nitrogen and oxygen atoms in total. The minimum atomic E-state index is -1.84. The lowest BCUT2D eigenvalue weighted by Crippen LogP contribution is -2.29. The maximum absolute atomic E-state index is 7.05. The van der Waals surface area contributed by atoms with Crippen molar-refractivity contribution < 1.29 is 27.8 Å². The maximum atomic E-state index is 7.05. The fraction of sp³-hybridized carbons (Fsp3) is 0.586. The minimum Gasteiger partial charge on any atom is -0.379 e. The van der Waals surface area contributed by atoms with Crippen molar-refractivity contribution in [2.24, 2.45) is 0 Å². The molecule has 0 unspecified atom stereocenters. The summed E-state index contributed by atoms with van der Waals surface area (Å²) < 4.78 is 49.8. The molecule has 0 N–H and O–H groups in total. The van der Waals surface area contributed by atoms with Crippen molar-refractivity contribution in [3.05, 3.63) is 203 Å². The summed E-state index contributed by atoms with van der Waals surface area (Å²) in [6.07, 6.45) is 25.6. The van der Waals surface area contributed by atoms with E-state index < -0.39 is 11.6 Å². The van der Waals surface area contributed by atoms with Gasteiger partial charge in [-0.05, 0) is 154 Å². The minimum absolute atomic E-state index is 0.220. The lowest BCUT2D eigenvalue weighted by Gasteiger charge is -2.31. The van der Waals surface area contributed by atoms with Crippen LogP contribution in [-0.2, 0) is 40.5 Å². The molecule has 6 aromatic carbocycles. The van der Waals surface area contributed by atoms with E-state index in [0.717, 1.165) is 0 Å². The highest BCUT2D eigenvalue weighted by molar-refractivity contribution is 8.00. The van der Waals surface area contributed by atoms with Gasteiger partial charge in [-0.1, -0.05) is 305 Å². The fourth-order valence-electron chi connectivity index (χ4n) is 9.47. The number of hydrogen-bond acceptors (Lipinski definition) is 11. The zero-order valence-corrected chi connectivity index (χ0v) is 72.0. The van der Waals surface area contributed by atoms with Gasteiger partial charge in [-0.25, -0.2) is 0 Å². The molecule has 0 bridgehead atoms. The van der Waals surface area contributed by atoms with Gasteiger partial charge in [0.2, 0.25) is 0 Å². The number of ether oxygens (including phenoxy) is 5. The summed E-state index contributed by atoms with van der Waals surface area (Å²) >= 11 is 10.7. The van der Waals surface area contributed by atoms with Gasteiger partial charge in [-0.15, -0.1) is 0 Å². The normalized spacial score (nSPS) is 15.2. The number of rotatable bonds is 11. The quantitative estimate of drug-likeness (QED) is 0.125. The Bertz CT molecular complexity index is 2670. The van der Waals surface area contributed by atoms with Crippen LogP contribution in [0.5, 0.6) is 0 Å². The van der Waals surface area contributed by atoms with Crippen LogP contribution in [0.25, 0.3) is 11.1 Å². The maximum Gasteiger partial charge on any atom is 0.116 e. The molecule has 2 saturated carbocycles. The number of benzene rings is 6. The zero-order chi connectivity index (χ0) is 77.7. The molecular weight excluding hydrogens is 1320 g/mol. The van der Waals surface area contributed by atoms with Crippen molar-refractivity contribution in [2.45, 2.75) is 243 Å². The highest BCUT2D eigenvalue weighted by Gasteiger charge is 2.39. The van der Waals surface area contributed by atoms with Crippen LogP contribution in [0, 0.1) is 0 Å². The van der Waals surface area contributed by atoms with E-state index in [9.17, 15) is 0 Å². The Morgan fingerprint density at radius 1 is 0.337 bits per heavy atom. The van der Waals surface area contributed by atoms with Crippen molar-refractivity contribution in [3.8, 4) is 11.1 Å². The van der Waals surface area contributed by atoms with E-state index in [1.807, 2.05) is 152 Å². The molecule has 0 aromatic heterocycles. The number of thioether (sulfide) groups is 6. The standard InChI is InChI=1S/C15H14O.2C15H16O.2C8H16O.4C5H12S.2C3H8S/c1-15(16-2)13-9-5-3-7-11(13)12-8-4-6-10-14(12)15;2*1-15(16-2,13-9-5-3-6-10-13)14-11-7-4-8-12-14;2*1-8(9-2)6-4-3-5-7-8;4*1-5(2,3)6-4;2*1-3-4-2/h3-10H,1-2H3;2*3-12H,1-2H3;2*3-7H2,1-2H3;4*1-4H3;2*3H2,1-2H3/i;;;;;1D3;;;;;. The molecule has 0 heterocycles. The Hall–Kier alpha value is -2.78. The lowest BCUT2D eigenvalue weighted by atomic mass is 9.86. The van der Waals surface area contributed by atoms with Crippen molar-refractivity contribution >= 4 is 70.6 Å². The Morgan fingerprint density at radius 2 is 0.561 bits per heavy atom. The van der Waals surface area contributed by atoms with Gasteiger partial charge in [0, 0.05) is 58.6 Å². The molecule has 0 amide bonds. The van der Waals surface area contributed by atoms with Crippen molar-refractivity contribution in [1.29, 1.82) is 0 Å². The summed E-state index contributed by atoms with van der Waals surface area (Å²) in [5, 5.41) is 0. The average Bonchev–Trinajstić information content (AvgIpc) is 1.57. The third-order valence-electron chi connectivity index (χ3n) is 17.4. The molecule has 6 aromatic rings. The first-order valence-corrected chi connectivity index (χ1v) is 42.7. The largest absolute Gasteiger partial charge is 0.379 e. The van der Waals surface area contributed by atoms with E-state index in [2.05, 4.69) is 239 Å². The predicted molar refractivity (Wildman–Crippen MR) is 456 cm³/mol. The molecule has 98 heavy (non-hydrogen) atoms. The highest BCUT2D eigenvalue weighted by Crippen LogP contribution is 2.49. The molecule has 0 spiro atoms. The van der Waals surface area contributed by atoms with Crippen LogP contribution in [0.2, 0.25) is 0 Å². The Labute approximate surface area is 635 Å². The second kappa shape index (κ2) is 51.4. The Balaban J connectivity index is 0. The number of methoxy groups -OCH3 is 5. The number of hydrogen-bond donors (Lipinski definition) is 0. The summed E-state index contributed by atoms with van der Waals surface area (Å²) in [7, 11) is 8.93. The highest BCUT2D eigenvalue weighted by atomic mass is 32.2. The van der Waals surface area contributed by atoms with E-state index in [-0.39, 0.29) is 28.0 Å². The van der Waals surface area contributed by atoms with Crippen molar-refractivity contribution in [2.75, 3.05) is 84.6 Å². The summed E-state index contributed by atoms with van der Waals surface area (Å²) in [5.74, 6) is 2.47. The van der Waals surface area contributed by atoms with Gasteiger partial charge in [0.1, 0.15) is 16.8 Å². The van der Waals surface area contributed by atoms with Crippen molar-refractivity contribution in [3.63, 3.8) is 0 Å². The second-order valence-electron chi connectivity index (χ2n) is 28.5. The van der Waals surface area contributed by atoms with Crippen LogP contribution in [0.1, 0.15) is 233 Å². The van der Waals surface area contributed by atoms with Gasteiger partial charge in [0.05, 0.1) is 11.2 Å². The molecule has 2 fully saturated rings. The van der Waals surface area contributed by atoms with Crippen LogP contribution in [0.4, 0.5) is 0 Å². The molecule has 0 saturated heterocycles. The monoisotopic (exact) mass is 1460 g/mol. The van der Waals surface area contributed by atoms with Crippen LogP contribution < -0.4 is 0 Å². The van der Waals surface area contributed by atoms with Gasteiger partial charge in [0.15, 0.2) is 0 Å². The third kappa shape index (κ3) is 40.3. The summed E-state index contributed by atoms with van der Waals surface area (Å²) in [5.41, 5.74) is 9.19. The van der Waals surface area contributed by atoms with Gasteiger partial charge in [0.25, 0.3) is 0 Å². The Kier molecular flexibility index (Phi) is 47.9. The summed E-state index contributed by atoms with van der Waals surface area (Å²) in [4.78, 5) is 0. The first kappa shape index (κ1) is 91.3. The smallest absolute Gasteiger partial charge is 0.116 e. The predicted octanol–water partition coefficient (Wildman–Crippen LogP) is 26.8.